The van der Waals surface area contributed by atoms with Gasteiger partial charge in [0.1, 0.15) is 5.60 Å². The molecule has 8 nitrogen and oxygen atoms in total. The molecule has 1 aliphatic rings. The van der Waals surface area contributed by atoms with E-state index in [1.54, 1.807) is 51.1 Å². The molecule has 1 heterocycles. The lowest BCUT2D eigenvalue weighted by molar-refractivity contribution is -0.196. The Labute approximate surface area is 150 Å². The van der Waals surface area contributed by atoms with Gasteiger partial charge in [0.15, 0.2) is 0 Å². The second kappa shape index (κ2) is 7.81. The molecule has 0 saturated heterocycles. The van der Waals surface area contributed by atoms with E-state index in [1.165, 1.54) is 0 Å². The highest BCUT2D eigenvalue weighted by Gasteiger charge is 2.30. The molecule has 1 atom stereocenters. The maximum absolute atomic E-state index is 12.2. The molecule has 3 amide bonds. The van der Waals surface area contributed by atoms with Gasteiger partial charge < -0.3 is 14.9 Å². The van der Waals surface area contributed by atoms with Gasteiger partial charge in [0.25, 0.3) is 11.8 Å². The molecule has 0 radical (unpaired) electrons. The molecule has 138 valence electrons. The maximum atomic E-state index is 12.2. The Morgan fingerprint density at radius 2 is 1.65 bits per heavy atom. The fraction of sp³-hybridized carbons (Fsp3) is 0.333. The van der Waals surface area contributed by atoms with Gasteiger partial charge in [-0.1, -0.05) is 35.4 Å². The predicted molar refractivity (Wildman–Crippen MR) is 90.3 cm³/mol. The summed E-state index contributed by atoms with van der Waals surface area (Å²) in [6, 6.07) is 7.99. The van der Waals surface area contributed by atoms with Crippen LogP contribution in [0.3, 0.4) is 0 Å². The number of amides is 3. The number of carbonyl (C=O) groups excluding carboxylic acids is 4. The molecule has 0 spiro atoms. The van der Waals surface area contributed by atoms with Crippen LogP contribution in [0.4, 0.5) is 4.79 Å². The Kier molecular flexibility index (Phi) is 5.76. The average molecular weight is 360 g/mol. The first kappa shape index (κ1) is 19.2. The van der Waals surface area contributed by atoms with Crippen molar-refractivity contribution in [2.75, 3.05) is 0 Å². The quantitative estimate of drug-likeness (QED) is 0.806. The zero-order chi connectivity index (χ0) is 19.3. The highest BCUT2D eigenvalue weighted by atomic mass is 16.7. The van der Waals surface area contributed by atoms with Crippen LogP contribution < -0.4 is 5.32 Å². The fourth-order valence-electron chi connectivity index (χ4n) is 2.17. The highest BCUT2D eigenvalue weighted by molar-refractivity contribution is 6.12. The topological polar surface area (TPSA) is 102 Å². The van der Waals surface area contributed by atoms with Crippen LogP contribution in [0.2, 0.25) is 0 Å². The molecule has 0 aromatic heterocycles. The lowest BCUT2D eigenvalue weighted by Gasteiger charge is -2.24. The SMILES string of the molecule is CC(C)(C)OC(=O)NC(CC(=O)ON1C(=O)C=CC1=O)c1ccccc1. The second-order valence-electron chi connectivity index (χ2n) is 6.58. The van der Waals surface area contributed by atoms with Gasteiger partial charge in [-0.15, -0.1) is 0 Å². The lowest BCUT2D eigenvalue weighted by atomic mass is 10.0. The van der Waals surface area contributed by atoms with E-state index in [2.05, 4.69) is 5.32 Å². The van der Waals surface area contributed by atoms with Crippen molar-refractivity contribution in [2.45, 2.75) is 38.8 Å². The third-order valence-corrected chi connectivity index (χ3v) is 3.23. The van der Waals surface area contributed by atoms with Crippen molar-refractivity contribution in [1.29, 1.82) is 0 Å². The molecular weight excluding hydrogens is 340 g/mol. The van der Waals surface area contributed by atoms with Crippen LogP contribution in [0.25, 0.3) is 0 Å². The Morgan fingerprint density at radius 1 is 1.08 bits per heavy atom. The van der Waals surface area contributed by atoms with Crippen LogP contribution in [0.5, 0.6) is 0 Å². The van der Waals surface area contributed by atoms with Crippen LogP contribution in [-0.4, -0.2) is 34.5 Å². The van der Waals surface area contributed by atoms with Crippen LogP contribution >= 0.6 is 0 Å². The first-order valence-corrected chi connectivity index (χ1v) is 7.97. The first-order chi connectivity index (χ1) is 12.2. The molecule has 0 bridgehead atoms. The Hall–Kier alpha value is -3.16. The normalized spacial score (nSPS) is 15.0. The zero-order valence-electron chi connectivity index (χ0n) is 14.7. The van der Waals surface area contributed by atoms with Crippen molar-refractivity contribution in [3.05, 3.63) is 48.0 Å². The van der Waals surface area contributed by atoms with E-state index in [0.29, 0.717) is 10.6 Å². The van der Waals surface area contributed by atoms with E-state index < -0.39 is 35.5 Å². The van der Waals surface area contributed by atoms with Gasteiger partial charge in [-0.2, -0.15) is 0 Å². The summed E-state index contributed by atoms with van der Waals surface area (Å²) < 4.78 is 5.21. The van der Waals surface area contributed by atoms with Gasteiger partial charge in [0.05, 0.1) is 12.5 Å². The number of ether oxygens (including phenoxy) is 1. The number of imide groups is 1. The number of carbonyl (C=O) groups is 4. The van der Waals surface area contributed by atoms with Crippen molar-refractivity contribution in [3.63, 3.8) is 0 Å². The maximum Gasteiger partial charge on any atom is 0.408 e. The van der Waals surface area contributed by atoms with Crippen LogP contribution in [0.15, 0.2) is 42.5 Å². The number of hydroxylamine groups is 2. The molecule has 0 fully saturated rings. The van der Waals surface area contributed by atoms with Crippen molar-refractivity contribution >= 4 is 23.9 Å². The van der Waals surface area contributed by atoms with Crippen molar-refractivity contribution < 1.29 is 28.8 Å². The summed E-state index contributed by atoms with van der Waals surface area (Å²) in [7, 11) is 0. The number of rotatable bonds is 5. The van der Waals surface area contributed by atoms with Crippen molar-refractivity contribution in [2.24, 2.45) is 0 Å². The van der Waals surface area contributed by atoms with E-state index in [0.717, 1.165) is 12.2 Å². The molecule has 0 aliphatic carbocycles. The molecule has 1 aromatic carbocycles. The standard InChI is InChI=1S/C18H20N2O6/c1-18(2,3)25-17(24)19-13(12-7-5-4-6-8-12)11-16(23)26-20-14(21)9-10-15(20)22/h4-10,13H,11H2,1-3H3,(H,19,24). The van der Waals surface area contributed by atoms with Gasteiger partial charge in [-0.05, 0) is 26.3 Å². The summed E-state index contributed by atoms with van der Waals surface area (Å²) in [5.41, 5.74) is -0.0566. The van der Waals surface area contributed by atoms with Gasteiger partial charge in [0.2, 0.25) is 0 Å². The smallest absolute Gasteiger partial charge is 0.408 e. The van der Waals surface area contributed by atoms with Crippen LogP contribution in [0.1, 0.15) is 38.8 Å². The first-order valence-electron chi connectivity index (χ1n) is 7.97. The minimum Gasteiger partial charge on any atom is -0.444 e. The number of alkyl carbamates (subject to hydrolysis) is 1. The molecule has 1 N–H and O–H groups in total. The van der Waals surface area contributed by atoms with Crippen molar-refractivity contribution in [3.8, 4) is 0 Å². The van der Waals surface area contributed by atoms with E-state index in [9.17, 15) is 19.2 Å². The van der Waals surface area contributed by atoms with Gasteiger partial charge in [-0.25, -0.2) is 9.59 Å². The number of hydrogen-bond donors (Lipinski definition) is 1. The van der Waals surface area contributed by atoms with E-state index >= 15 is 0 Å². The summed E-state index contributed by atoms with van der Waals surface area (Å²) in [4.78, 5) is 51.9. The van der Waals surface area contributed by atoms with Gasteiger partial charge in [-0.3, -0.25) is 9.59 Å². The Bertz CT molecular complexity index is 718. The third kappa shape index (κ3) is 5.44. The average Bonchev–Trinajstić information content (AvgIpc) is 2.85. The van der Waals surface area contributed by atoms with Gasteiger partial charge >= 0.3 is 12.1 Å². The highest BCUT2D eigenvalue weighted by Crippen LogP contribution is 2.19. The van der Waals surface area contributed by atoms with Crippen LogP contribution in [-0.2, 0) is 24.0 Å². The molecule has 1 unspecified atom stereocenters. The number of hydrogen-bond acceptors (Lipinski definition) is 6. The number of nitrogens with zero attached hydrogens (tertiary/aromatic N) is 1. The predicted octanol–water partition coefficient (Wildman–Crippen LogP) is 2.03. The van der Waals surface area contributed by atoms with Crippen molar-refractivity contribution in [1.82, 2.24) is 10.4 Å². The molecule has 2 rings (SSSR count). The molecular formula is C18H20N2O6. The molecule has 26 heavy (non-hydrogen) atoms. The molecule has 0 saturated carbocycles. The molecule has 8 heteroatoms. The fourth-order valence-corrected chi connectivity index (χ4v) is 2.17. The Morgan fingerprint density at radius 3 is 2.19 bits per heavy atom. The second-order valence-corrected chi connectivity index (χ2v) is 6.58. The molecule has 1 aliphatic heterocycles. The summed E-state index contributed by atoms with van der Waals surface area (Å²) >= 11 is 0. The summed E-state index contributed by atoms with van der Waals surface area (Å²) in [5.74, 6) is -2.32. The monoisotopic (exact) mass is 360 g/mol. The van der Waals surface area contributed by atoms with E-state index in [1.807, 2.05) is 0 Å². The lowest BCUT2D eigenvalue weighted by Crippen LogP contribution is -2.37. The van der Waals surface area contributed by atoms with Crippen LogP contribution in [0, 0.1) is 0 Å². The van der Waals surface area contributed by atoms with Gasteiger partial charge in [0, 0.05) is 12.2 Å². The number of nitrogens with one attached hydrogen (secondary N) is 1. The summed E-state index contributed by atoms with van der Waals surface area (Å²) in [5, 5.41) is 2.97. The Balaban J connectivity index is 2.06. The molecule has 1 aromatic rings. The van der Waals surface area contributed by atoms with E-state index in [-0.39, 0.29) is 6.42 Å². The minimum absolute atomic E-state index is 0.291. The largest absolute Gasteiger partial charge is 0.444 e. The zero-order valence-corrected chi connectivity index (χ0v) is 14.7. The van der Waals surface area contributed by atoms with E-state index in [4.69, 9.17) is 9.57 Å². The third-order valence-electron chi connectivity index (χ3n) is 3.23. The summed E-state index contributed by atoms with van der Waals surface area (Å²) in [6.07, 6.45) is 1.02. The minimum atomic E-state index is -0.847. The summed E-state index contributed by atoms with van der Waals surface area (Å²) in [6.45, 7) is 5.15. The number of benzene rings is 1.